The van der Waals surface area contributed by atoms with Gasteiger partial charge in [-0.25, -0.2) is 4.79 Å². The highest BCUT2D eigenvalue weighted by molar-refractivity contribution is 8.00. The molecule has 0 saturated carbocycles. The molecule has 1 aliphatic rings. The number of hydrogen-bond donors (Lipinski definition) is 0. The molecule has 1 rings (SSSR count). The summed E-state index contributed by atoms with van der Waals surface area (Å²) in [5.41, 5.74) is -0.397. The van der Waals surface area contributed by atoms with Crippen molar-refractivity contribution in [2.24, 2.45) is 0 Å². The molecule has 94 valence electrons. The molecule has 0 aromatic heterocycles. The maximum absolute atomic E-state index is 11.9. The maximum Gasteiger partial charge on any atom is 0.410 e. The van der Waals surface area contributed by atoms with Crippen molar-refractivity contribution in [2.45, 2.75) is 51.4 Å². The van der Waals surface area contributed by atoms with E-state index in [-0.39, 0.29) is 10.8 Å². The second kappa shape index (κ2) is 4.86. The Labute approximate surface area is 103 Å². The van der Waals surface area contributed by atoms with Crippen LogP contribution in [0.4, 0.5) is 4.79 Å². The molecule has 1 fully saturated rings. The summed E-state index contributed by atoms with van der Waals surface area (Å²) in [6.07, 6.45) is 0.850. The van der Waals surface area contributed by atoms with Crippen LogP contribution in [0.25, 0.3) is 0 Å². The first-order valence-corrected chi connectivity index (χ1v) is 6.80. The number of hydrogen-bond acceptors (Lipinski definition) is 3. The molecule has 1 amide bonds. The summed E-state index contributed by atoms with van der Waals surface area (Å²) in [6.45, 7) is 11.8. The summed E-state index contributed by atoms with van der Waals surface area (Å²) in [4.78, 5) is 13.7. The molecule has 0 atom stereocenters. The fraction of sp³-hybridized carbons (Fsp3) is 0.917. The van der Waals surface area contributed by atoms with Crippen LogP contribution in [0, 0.1) is 0 Å². The molecule has 3 nitrogen and oxygen atoms in total. The van der Waals surface area contributed by atoms with Gasteiger partial charge in [0.05, 0.1) is 0 Å². The summed E-state index contributed by atoms with van der Waals surface area (Å²) in [5, 5.41) is 0. The van der Waals surface area contributed by atoms with E-state index in [0.29, 0.717) is 0 Å². The highest BCUT2D eigenvalue weighted by atomic mass is 32.2. The van der Waals surface area contributed by atoms with Gasteiger partial charge in [0.25, 0.3) is 0 Å². The van der Waals surface area contributed by atoms with Gasteiger partial charge in [0.1, 0.15) is 5.60 Å². The van der Waals surface area contributed by atoms with E-state index in [1.807, 2.05) is 37.4 Å². The van der Waals surface area contributed by atoms with Gasteiger partial charge in [0.2, 0.25) is 0 Å². The molecule has 0 aromatic carbocycles. The smallest absolute Gasteiger partial charge is 0.410 e. The number of carbonyl (C=O) groups excluding carboxylic acids is 1. The van der Waals surface area contributed by atoms with Crippen molar-refractivity contribution in [1.82, 2.24) is 4.90 Å². The van der Waals surface area contributed by atoms with E-state index >= 15 is 0 Å². The monoisotopic (exact) mass is 245 g/mol. The lowest BCUT2D eigenvalue weighted by Gasteiger charge is -2.26. The van der Waals surface area contributed by atoms with Crippen LogP contribution < -0.4 is 0 Å². The zero-order valence-corrected chi connectivity index (χ0v) is 11.8. The van der Waals surface area contributed by atoms with Gasteiger partial charge >= 0.3 is 6.09 Å². The van der Waals surface area contributed by atoms with Crippen LogP contribution in [-0.4, -0.2) is 40.2 Å². The molecule has 1 saturated heterocycles. The van der Waals surface area contributed by atoms with Crippen molar-refractivity contribution in [1.29, 1.82) is 0 Å². The van der Waals surface area contributed by atoms with Gasteiger partial charge < -0.3 is 9.64 Å². The Balaban J connectivity index is 2.52. The third-order valence-electron chi connectivity index (χ3n) is 2.49. The van der Waals surface area contributed by atoms with Crippen LogP contribution in [0.1, 0.15) is 41.0 Å². The second-order valence-electron chi connectivity index (χ2n) is 5.83. The van der Waals surface area contributed by atoms with Gasteiger partial charge in [-0.15, -0.1) is 0 Å². The molecule has 0 aliphatic carbocycles. The van der Waals surface area contributed by atoms with Crippen LogP contribution in [0.5, 0.6) is 0 Å². The third kappa shape index (κ3) is 4.64. The SMILES string of the molecule is CC(C)(C)OC(=O)N1CCSC(C)(C)CC1. The second-order valence-corrected chi connectivity index (χ2v) is 7.63. The molecule has 0 radical (unpaired) electrons. The van der Waals surface area contributed by atoms with Crippen LogP contribution in [-0.2, 0) is 4.74 Å². The molecule has 0 spiro atoms. The Kier molecular flexibility index (Phi) is 4.16. The number of nitrogens with zero attached hydrogens (tertiary/aromatic N) is 1. The van der Waals surface area contributed by atoms with E-state index in [2.05, 4.69) is 13.8 Å². The minimum Gasteiger partial charge on any atom is -0.444 e. The van der Waals surface area contributed by atoms with Crippen LogP contribution in [0.15, 0.2) is 0 Å². The summed E-state index contributed by atoms with van der Waals surface area (Å²) in [7, 11) is 0. The average Bonchev–Trinajstić information content (AvgIpc) is 2.23. The van der Waals surface area contributed by atoms with Crippen LogP contribution in [0.3, 0.4) is 0 Å². The molecule has 1 heterocycles. The van der Waals surface area contributed by atoms with Crippen molar-refractivity contribution in [2.75, 3.05) is 18.8 Å². The fourth-order valence-electron chi connectivity index (χ4n) is 1.53. The summed E-state index contributed by atoms with van der Waals surface area (Å²) in [6, 6.07) is 0. The topological polar surface area (TPSA) is 29.5 Å². The zero-order chi connectivity index (χ0) is 12.4. The standard InChI is InChI=1S/C12H23NO2S/c1-11(2,3)15-10(14)13-7-6-12(4,5)16-9-8-13/h6-9H2,1-5H3. The largest absolute Gasteiger partial charge is 0.444 e. The first-order chi connectivity index (χ1) is 7.20. The molecule has 1 aliphatic heterocycles. The van der Waals surface area contributed by atoms with E-state index in [0.717, 1.165) is 25.3 Å². The van der Waals surface area contributed by atoms with E-state index in [9.17, 15) is 4.79 Å². The van der Waals surface area contributed by atoms with E-state index in [4.69, 9.17) is 4.74 Å². The molecule has 0 unspecified atom stereocenters. The third-order valence-corrected chi connectivity index (χ3v) is 3.86. The maximum atomic E-state index is 11.9. The first kappa shape index (κ1) is 13.7. The lowest BCUT2D eigenvalue weighted by molar-refractivity contribution is 0.0261. The van der Waals surface area contributed by atoms with Crippen molar-refractivity contribution in [3.63, 3.8) is 0 Å². The van der Waals surface area contributed by atoms with E-state index < -0.39 is 5.60 Å². The van der Waals surface area contributed by atoms with Gasteiger partial charge in [0, 0.05) is 23.6 Å². The summed E-state index contributed by atoms with van der Waals surface area (Å²) < 4.78 is 5.65. The summed E-state index contributed by atoms with van der Waals surface area (Å²) in [5.74, 6) is 0.992. The predicted molar refractivity (Wildman–Crippen MR) is 69.0 cm³/mol. The quantitative estimate of drug-likeness (QED) is 0.656. The van der Waals surface area contributed by atoms with Crippen LogP contribution >= 0.6 is 11.8 Å². The minimum atomic E-state index is -0.397. The normalized spacial score (nSPS) is 21.4. The Morgan fingerprint density at radius 3 is 2.50 bits per heavy atom. The van der Waals surface area contributed by atoms with Crippen molar-refractivity contribution >= 4 is 17.9 Å². The minimum absolute atomic E-state index is 0.175. The van der Waals surface area contributed by atoms with Gasteiger partial charge in [-0.3, -0.25) is 0 Å². The molecule has 0 aromatic rings. The molecule has 0 bridgehead atoms. The van der Waals surface area contributed by atoms with Gasteiger partial charge in [-0.2, -0.15) is 11.8 Å². The van der Waals surface area contributed by atoms with Gasteiger partial charge in [-0.1, -0.05) is 13.8 Å². The molecule has 16 heavy (non-hydrogen) atoms. The molecule has 4 heteroatoms. The van der Waals surface area contributed by atoms with Crippen molar-refractivity contribution in [3.05, 3.63) is 0 Å². The molecule has 0 N–H and O–H groups in total. The van der Waals surface area contributed by atoms with Crippen molar-refractivity contribution in [3.8, 4) is 0 Å². The number of ether oxygens (including phenoxy) is 1. The highest BCUT2D eigenvalue weighted by Crippen LogP contribution is 2.30. The number of rotatable bonds is 0. The summed E-state index contributed by atoms with van der Waals surface area (Å²) >= 11 is 1.93. The van der Waals surface area contributed by atoms with Gasteiger partial charge in [-0.05, 0) is 27.2 Å². The van der Waals surface area contributed by atoms with Crippen molar-refractivity contribution < 1.29 is 9.53 Å². The molecular weight excluding hydrogens is 222 g/mol. The lowest BCUT2D eigenvalue weighted by Crippen LogP contribution is -2.38. The number of thioether (sulfide) groups is 1. The first-order valence-electron chi connectivity index (χ1n) is 5.81. The number of carbonyl (C=O) groups is 1. The van der Waals surface area contributed by atoms with E-state index in [1.165, 1.54) is 0 Å². The van der Waals surface area contributed by atoms with Gasteiger partial charge in [0.15, 0.2) is 0 Å². The Hall–Kier alpha value is -0.380. The highest BCUT2D eigenvalue weighted by Gasteiger charge is 2.28. The van der Waals surface area contributed by atoms with E-state index in [1.54, 1.807) is 0 Å². The Bertz CT molecular complexity index is 258. The Morgan fingerprint density at radius 2 is 1.94 bits per heavy atom. The fourth-order valence-corrected chi connectivity index (χ4v) is 2.63. The number of amides is 1. The lowest BCUT2D eigenvalue weighted by atomic mass is 10.1. The Morgan fingerprint density at radius 1 is 1.31 bits per heavy atom. The molecular formula is C12H23NO2S. The van der Waals surface area contributed by atoms with Crippen LogP contribution in [0.2, 0.25) is 0 Å². The zero-order valence-electron chi connectivity index (χ0n) is 11.0. The average molecular weight is 245 g/mol. The predicted octanol–water partition coefficient (Wildman–Crippen LogP) is 3.14.